The molecule has 0 radical (unpaired) electrons. The molecule has 3 rings (SSSR count). The number of nitro benzene ring substituents is 1. The van der Waals surface area contributed by atoms with Gasteiger partial charge in [-0.05, 0) is 44.1 Å². The fraction of sp³-hybridized carbons (Fsp3) is 0.150. The van der Waals surface area contributed by atoms with Crippen LogP contribution in [0.15, 0.2) is 48.0 Å². The molecule has 1 aliphatic heterocycles. The van der Waals surface area contributed by atoms with Gasteiger partial charge in [0.1, 0.15) is 5.76 Å². The van der Waals surface area contributed by atoms with Crippen molar-refractivity contribution < 1.29 is 14.5 Å². The van der Waals surface area contributed by atoms with E-state index in [2.05, 4.69) is 0 Å². The van der Waals surface area contributed by atoms with Crippen molar-refractivity contribution in [3.8, 4) is 0 Å². The molecule has 0 N–H and O–H groups in total. The molecule has 0 saturated carbocycles. The van der Waals surface area contributed by atoms with E-state index in [1.54, 1.807) is 31.2 Å². The Morgan fingerprint density at radius 1 is 1.04 bits per heavy atom. The van der Waals surface area contributed by atoms with Crippen molar-refractivity contribution in [2.75, 3.05) is 0 Å². The second-order valence-electron chi connectivity index (χ2n) is 6.12. The molecule has 5 nitrogen and oxygen atoms in total. The normalized spacial score (nSPS) is 15.2. The van der Waals surface area contributed by atoms with Gasteiger partial charge in [-0.25, -0.2) is 4.79 Å². The lowest BCUT2D eigenvalue weighted by molar-refractivity contribution is -0.385. The van der Waals surface area contributed by atoms with E-state index < -0.39 is 10.9 Å². The summed E-state index contributed by atoms with van der Waals surface area (Å²) < 4.78 is 5.37. The van der Waals surface area contributed by atoms with Crippen LogP contribution in [0.5, 0.6) is 0 Å². The van der Waals surface area contributed by atoms with Crippen LogP contribution in [0.3, 0.4) is 0 Å². The number of ether oxygens (including phenoxy) is 1. The number of nitrogens with zero attached hydrogens (tertiary/aromatic N) is 1. The van der Waals surface area contributed by atoms with E-state index in [-0.39, 0.29) is 5.69 Å². The summed E-state index contributed by atoms with van der Waals surface area (Å²) in [5.74, 6) is 0.0357. The van der Waals surface area contributed by atoms with Crippen molar-refractivity contribution in [3.63, 3.8) is 0 Å². The van der Waals surface area contributed by atoms with Gasteiger partial charge in [-0.3, -0.25) is 10.1 Å². The molecule has 2 aromatic carbocycles. The van der Waals surface area contributed by atoms with Crippen LogP contribution in [0.2, 0.25) is 0 Å². The van der Waals surface area contributed by atoms with Gasteiger partial charge in [0.2, 0.25) is 0 Å². The molecule has 1 heterocycles. The number of cyclic esters (lactones) is 1. The van der Waals surface area contributed by atoms with Crippen molar-refractivity contribution in [3.05, 3.63) is 86.0 Å². The molecule has 0 aliphatic carbocycles. The Labute approximate surface area is 145 Å². The third-order valence-corrected chi connectivity index (χ3v) is 4.12. The van der Waals surface area contributed by atoms with Crippen molar-refractivity contribution in [2.45, 2.75) is 20.8 Å². The van der Waals surface area contributed by atoms with Gasteiger partial charge in [-0.15, -0.1) is 0 Å². The van der Waals surface area contributed by atoms with E-state index in [1.807, 2.05) is 32.0 Å². The zero-order valence-electron chi connectivity index (χ0n) is 14.2. The number of hydrogen-bond acceptors (Lipinski definition) is 4. The summed E-state index contributed by atoms with van der Waals surface area (Å²) in [6.07, 6.45) is 3.27. The molecule has 1 aliphatic rings. The maximum atomic E-state index is 12.1. The summed E-state index contributed by atoms with van der Waals surface area (Å²) in [6, 6.07) is 10.8. The molecule has 0 unspecified atom stereocenters. The molecule has 0 saturated heterocycles. The van der Waals surface area contributed by atoms with E-state index in [9.17, 15) is 14.9 Å². The Balaban J connectivity index is 1.99. The average Bonchev–Trinajstić information content (AvgIpc) is 2.89. The SMILES string of the molecule is Cc1ccc(C2=CC(=Cc3ccc(C)c([N+](=O)[O-])c3)C(=O)O2)c(C)c1. The molecule has 25 heavy (non-hydrogen) atoms. The molecule has 126 valence electrons. The highest BCUT2D eigenvalue weighted by atomic mass is 16.6. The van der Waals surface area contributed by atoms with Crippen LogP contribution in [-0.4, -0.2) is 10.9 Å². The van der Waals surface area contributed by atoms with Crippen LogP contribution >= 0.6 is 0 Å². The Morgan fingerprint density at radius 2 is 1.80 bits per heavy atom. The predicted molar refractivity (Wildman–Crippen MR) is 95.8 cm³/mol. The number of esters is 1. The van der Waals surface area contributed by atoms with Crippen molar-refractivity contribution >= 4 is 23.5 Å². The lowest BCUT2D eigenvalue weighted by atomic mass is 10.0. The summed E-state index contributed by atoms with van der Waals surface area (Å²) >= 11 is 0. The highest BCUT2D eigenvalue weighted by Gasteiger charge is 2.23. The molecule has 0 amide bonds. The minimum atomic E-state index is -0.460. The number of rotatable bonds is 3. The first-order valence-corrected chi connectivity index (χ1v) is 7.83. The zero-order chi connectivity index (χ0) is 18.1. The monoisotopic (exact) mass is 335 g/mol. The first-order chi connectivity index (χ1) is 11.8. The van der Waals surface area contributed by atoms with Crippen molar-refractivity contribution in [2.24, 2.45) is 0 Å². The van der Waals surface area contributed by atoms with E-state index in [1.165, 1.54) is 6.07 Å². The number of aryl methyl sites for hydroxylation is 3. The quantitative estimate of drug-likeness (QED) is 0.358. The first kappa shape index (κ1) is 16.6. The largest absolute Gasteiger partial charge is 0.422 e. The van der Waals surface area contributed by atoms with Crippen LogP contribution in [0.4, 0.5) is 5.69 Å². The lowest BCUT2D eigenvalue weighted by Crippen LogP contribution is -1.98. The van der Waals surface area contributed by atoms with Gasteiger partial charge in [0, 0.05) is 17.2 Å². The molecular formula is C20H17NO4. The Bertz CT molecular complexity index is 954. The topological polar surface area (TPSA) is 69.4 Å². The standard InChI is InChI=1S/C20H17NO4/c1-12-4-7-17(14(3)8-12)19-11-16(20(22)25-19)9-15-6-5-13(2)18(10-15)21(23)24/h4-11H,1-3H3. The van der Waals surface area contributed by atoms with E-state index in [0.29, 0.717) is 22.5 Å². The van der Waals surface area contributed by atoms with Gasteiger partial charge < -0.3 is 4.74 Å². The third kappa shape index (κ3) is 3.35. The molecular weight excluding hydrogens is 318 g/mol. The summed E-state index contributed by atoms with van der Waals surface area (Å²) in [6.45, 7) is 5.64. The lowest BCUT2D eigenvalue weighted by Gasteiger charge is -2.06. The van der Waals surface area contributed by atoms with Gasteiger partial charge in [0.25, 0.3) is 5.69 Å². The minimum absolute atomic E-state index is 0.0271. The number of benzene rings is 2. The molecule has 5 heteroatoms. The second kappa shape index (κ2) is 6.36. The zero-order valence-corrected chi connectivity index (χ0v) is 14.2. The van der Waals surface area contributed by atoms with Crippen molar-refractivity contribution in [1.29, 1.82) is 0 Å². The number of carbonyl (C=O) groups excluding carboxylic acids is 1. The summed E-state index contributed by atoms with van der Waals surface area (Å²) in [7, 11) is 0. The van der Waals surface area contributed by atoms with Crippen LogP contribution in [0.1, 0.15) is 27.8 Å². The van der Waals surface area contributed by atoms with Gasteiger partial charge in [-0.2, -0.15) is 0 Å². The van der Waals surface area contributed by atoms with Crippen LogP contribution in [0, 0.1) is 30.9 Å². The smallest absolute Gasteiger partial charge is 0.343 e. The molecule has 0 atom stereocenters. The second-order valence-corrected chi connectivity index (χ2v) is 6.12. The minimum Gasteiger partial charge on any atom is -0.422 e. The first-order valence-electron chi connectivity index (χ1n) is 7.83. The van der Waals surface area contributed by atoms with E-state index >= 15 is 0 Å². The predicted octanol–water partition coefficient (Wildman–Crippen LogP) is 4.50. The summed E-state index contributed by atoms with van der Waals surface area (Å²) in [4.78, 5) is 22.8. The Kier molecular flexibility index (Phi) is 4.23. The van der Waals surface area contributed by atoms with Crippen LogP contribution in [-0.2, 0) is 9.53 Å². The van der Waals surface area contributed by atoms with Gasteiger partial charge in [-0.1, -0.05) is 35.9 Å². The Morgan fingerprint density at radius 3 is 2.48 bits per heavy atom. The number of nitro groups is 1. The maximum absolute atomic E-state index is 12.1. The summed E-state index contributed by atoms with van der Waals surface area (Å²) in [5, 5.41) is 11.1. The van der Waals surface area contributed by atoms with Gasteiger partial charge in [0.15, 0.2) is 0 Å². The van der Waals surface area contributed by atoms with Crippen molar-refractivity contribution in [1.82, 2.24) is 0 Å². The van der Waals surface area contributed by atoms with Gasteiger partial charge >= 0.3 is 5.97 Å². The maximum Gasteiger partial charge on any atom is 0.343 e. The third-order valence-electron chi connectivity index (χ3n) is 4.12. The fourth-order valence-electron chi connectivity index (χ4n) is 2.80. The van der Waals surface area contributed by atoms with Crippen LogP contribution < -0.4 is 0 Å². The number of hydrogen-bond donors (Lipinski definition) is 0. The number of carbonyl (C=O) groups is 1. The molecule has 0 bridgehead atoms. The summed E-state index contributed by atoms with van der Waals surface area (Å²) in [5.41, 5.74) is 4.57. The van der Waals surface area contributed by atoms with Crippen LogP contribution in [0.25, 0.3) is 11.8 Å². The molecule has 0 aromatic heterocycles. The van der Waals surface area contributed by atoms with E-state index in [4.69, 9.17) is 4.74 Å². The highest BCUT2D eigenvalue weighted by Crippen LogP contribution is 2.30. The fourth-order valence-corrected chi connectivity index (χ4v) is 2.80. The average molecular weight is 335 g/mol. The van der Waals surface area contributed by atoms with E-state index in [0.717, 1.165) is 16.7 Å². The molecule has 0 fully saturated rings. The molecule has 0 spiro atoms. The van der Waals surface area contributed by atoms with Gasteiger partial charge in [0.05, 0.1) is 10.5 Å². The Hall–Kier alpha value is -3.21. The highest BCUT2D eigenvalue weighted by molar-refractivity contribution is 6.05. The molecule has 2 aromatic rings.